The predicted molar refractivity (Wildman–Crippen MR) is 80.3 cm³/mol. The molecule has 0 aliphatic rings. The molecular formula is C16H21NO4. The van der Waals surface area contributed by atoms with Gasteiger partial charge in [-0.2, -0.15) is 0 Å². The van der Waals surface area contributed by atoms with Crippen molar-refractivity contribution in [1.82, 2.24) is 5.32 Å². The monoisotopic (exact) mass is 291 g/mol. The second-order valence-corrected chi connectivity index (χ2v) is 5.19. The first-order valence-electron chi connectivity index (χ1n) is 6.78. The van der Waals surface area contributed by atoms with Gasteiger partial charge in [-0.3, -0.25) is 4.79 Å². The number of hydrogen-bond donors (Lipinski definition) is 2. The summed E-state index contributed by atoms with van der Waals surface area (Å²) >= 11 is 0. The quantitative estimate of drug-likeness (QED) is 0.755. The number of nitrogens with one attached hydrogen (secondary N) is 1. The van der Waals surface area contributed by atoms with E-state index in [4.69, 9.17) is 9.84 Å². The van der Waals surface area contributed by atoms with Gasteiger partial charge in [0.25, 0.3) is 5.91 Å². The predicted octanol–water partition coefficient (Wildman–Crippen LogP) is 2.16. The lowest BCUT2D eigenvalue weighted by Gasteiger charge is -2.22. The molecule has 0 saturated heterocycles. The number of carbonyl (C=O) groups is 2. The van der Waals surface area contributed by atoms with Gasteiger partial charge in [0.05, 0.1) is 5.54 Å². The van der Waals surface area contributed by atoms with Crippen LogP contribution < -0.4 is 10.1 Å². The fourth-order valence-electron chi connectivity index (χ4n) is 1.80. The van der Waals surface area contributed by atoms with Crippen molar-refractivity contribution in [2.75, 3.05) is 6.61 Å². The molecule has 1 aromatic carbocycles. The molecule has 0 aromatic heterocycles. The maximum atomic E-state index is 11.9. The molecule has 0 fully saturated rings. The first-order valence-corrected chi connectivity index (χ1v) is 6.78. The molecule has 0 unspecified atom stereocenters. The van der Waals surface area contributed by atoms with Crippen molar-refractivity contribution in [3.05, 3.63) is 42.0 Å². The molecule has 5 heteroatoms. The topological polar surface area (TPSA) is 75.6 Å². The van der Waals surface area contributed by atoms with Crippen molar-refractivity contribution in [1.29, 1.82) is 0 Å². The molecule has 0 radical (unpaired) electrons. The highest BCUT2D eigenvalue weighted by atomic mass is 16.5. The van der Waals surface area contributed by atoms with Crippen LogP contribution >= 0.6 is 0 Å². The van der Waals surface area contributed by atoms with E-state index in [0.29, 0.717) is 5.75 Å². The van der Waals surface area contributed by atoms with E-state index >= 15 is 0 Å². The van der Waals surface area contributed by atoms with E-state index in [0.717, 1.165) is 18.1 Å². The number of amides is 1. The number of para-hydroxylation sites is 1. The minimum atomic E-state index is -1.05. The number of hydrogen-bond acceptors (Lipinski definition) is 3. The third-order valence-electron chi connectivity index (χ3n) is 2.82. The van der Waals surface area contributed by atoms with Gasteiger partial charge >= 0.3 is 5.97 Å². The summed E-state index contributed by atoms with van der Waals surface area (Å²) in [5.41, 5.74) is 0.290. The Kier molecular flexibility index (Phi) is 5.96. The Balaban J connectivity index is 2.56. The molecule has 1 amide bonds. The van der Waals surface area contributed by atoms with Crippen LogP contribution in [-0.4, -0.2) is 29.1 Å². The van der Waals surface area contributed by atoms with E-state index in [9.17, 15) is 9.59 Å². The summed E-state index contributed by atoms with van der Waals surface area (Å²) in [5, 5.41) is 11.3. The molecule has 0 aliphatic heterocycles. The molecule has 114 valence electrons. The molecule has 1 aromatic rings. The van der Waals surface area contributed by atoms with Gasteiger partial charge in [-0.15, -0.1) is 0 Å². The lowest BCUT2D eigenvalue weighted by molar-refractivity contribution is -0.131. The summed E-state index contributed by atoms with van der Waals surface area (Å²) in [5.74, 6) is -0.666. The summed E-state index contributed by atoms with van der Waals surface area (Å²) < 4.78 is 5.51. The van der Waals surface area contributed by atoms with Gasteiger partial charge in [-0.05, 0) is 31.9 Å². The minimum absolute atomic E-state index is 0.110. The van der Waals surface area contributed by atoms with Crippen molar-refractivity contribution in [3.8, 4) is 5.75 Å². The SMILES string of the molecule is CCc1ccccc1OCC(=O)NC(C)(C)/C=C/C(=O)O. The number of carboxylic acid groups (broad SMARTS) is 1. The molecule has 2 N–H and O–H groups in total. The number of ether oxygens (including phenoxy) is 1. The van der Waals surface area contributed by atoms with Gasteiger partial charge < -0.3 is 15.2 Å². The van der Waals surface area contributed by atoms with E-state index in [1.165, 1.54) is 6.08 Å². The molecule has 0 atom stereocenters. The Labute approximate surface area is 124 Å². The highest BCUT2D eigenvalue weighted by Crippen LogP contribution is 2.18. The van der Waals surface area contributed by atoms with Crippen LogP contribution in [0.2, 0.25) is 0 Å². The van der Waals surface area contributed by atoms with Crippen LogP contribution in [0.25, 0.3) is 0 Å². The molecule has 21 heavy (non-hydrogen) atoms. The summed E-state index contributed by atoms with van der Waals surface area (Å²) in [6, 6.07) is 7.55. The number of carboxylic acids is 1. The third-order valence-corrected chi connectivity index (χ3v) is 2.82. The van der Waals surface area contributed by atoms with E-state index < -0.39 is 11.5 Å². The number of rotatable bonds is 7. The van der Waals surface area contributed by atoms with Crippen LogP contribution in [-0.2, 0) is 16.0 Å². The Bertz CT molecular complexity index is 535. The second-order valence-electron chi connectivity index (χ2n) is 5.19. The van der Waals surface area contributed by atoms with Gasteiger partial charge in [0.2, 0.25) is 0 Å². The first kappa shape index (κ1) is 16.8. The number of aliphatic carboxylic acids is 1. The number of benzene rings is 1. The van der Waals surface area contributed by atoms with Crippen LogP contribution in [0.3, 0.4) is 0 Å². The van der Waals surface area contributed by atoms with E-state index in [-0.39, 0.29) is 12.5 Å². The molecule has 0 bridgehead atoms. The third kappa shape index (κ3) is 6.12. The summed E-state index contributed by atoms with van der Waals surface area (Å²) in [4.78, 5) is 22.3. The average molecular weight is 291 g/mol. The summed E-state index contributed by atoms with van der Waals surface area (Å²) in [6.07, 6.45) is 3.26. The van der Waals surface area contributed by atoms with Crippen LogP contribution in [0.4, 0.5) is 0 Å². The Morgan fingerprint density at radius 3 is 2.62 bits per heavy atom. The average Bonchev–Trinajstić information content (AvgIpc) is 2.43. The van der Waals surface area contributed by atoms with E-state index in [2.05, 4.69) is 5.32 Å². The van der Waals surface area contributed by atoms with Crippen molar-refractivity contribution < 1.29 is 19.4 Å². The highest BCUT2D eigenvalue weighted by molar-refractivity contribution is 5.81. The molecule has 5 nitrogen and oxygen atoms in total. The van der Waals surface area contributed by atoms with Crippen LogP contribution in [0.1, 0.15) is 26.3 Å². The molecule has 0 saturated carbocycles. The van der Waals surface area contributed by atoms with E-state index in [1.54, 1.807) is 13.8 Å². The molecule has 0 spiro atoms. The number of carbonyl (C=O) groups excluding carboxylic acids is 1. The standard InChI is InChI=1S/C16H21NO4/c1-4-12-7-5-6-8-13(12)21-11-14(18)17-16(2,3)10-9-15(19)20/h5-10H,4,11H2,1-3H3,(H,17,18)(H,19,20)/b10-9+. The number of aryl methyl sites for hydroxylation is 1. The molecule has 1 rings (SSSR count). The fraction of sp³-hybridized carbons (Fsp3) is 0.375. The lowest BCUT2D eigenvalue weighted by Crippen LogP contribution is -2.44. The zero-order valence-electron chi connectivity index (χ0n) is 12.6. The zero-order valence-corrected chi connectivity index (χ0v) is 12.6. The molecular weight excluding hydrogens is 270 g/mol. The second kappa shape index (κ2) is 7.47. The van der Waals surface area contributed by atoms with E-state index in [1.807, 2.05) is 31.2 Å². The van der Waals surface area contributed by atoms with Crippen LogP contribution in [0.15, 0.2) is 36.4 Å². The van der Waals surface area contributed by atoms with Crippen molar-refractivity contribution in [3.63, 3.8) is 0 Å². The minimum Gasteiger partial charge on any atom is -0.483 e. The van der Waals surface area contributed by atoms with Crippen molar-refractivity contribution in [2.24, 2.45) is 0 Å². The van der Waals surface area contributed by atoms with Crippen LogP contribution in [0, 0.1) is 0 Å². The maximum Gasteiger partial charge on any atom is 0.328 e. The normalized spacial score (nSPS) is 11.4. The lowest BCUT2D eigenvalue weighted by atomic mass is 10.1. The molecule has 0 aliphatic carbocycles. The highest BCUT2D eigenvalue weighted by Gasteiger charge is 2.17. The van der Waals surface area contributed by atoms with Gasteiger partial charge in [-0.25, -0.2) is 4.79 Å². The largest absolute Gasteiger partial charge is 0.483 e. The zero-order chi connectivity index (χ0) is 15.9. The maximum absolute atomic E-state index is 11.9. The Morgan fingerprint density at radius 1 is 1.33 bits per heavy atom. The smallest absolute Gasteiger partial charge is 0.328 e. The molecule has 0 heterocycles. The Morgan fingerprint density at radius 2 is 2.00 bits per heavy atom. The first-order chi connectivity index (χ1) is 9.84. The summed E-state index contributed by atoms with van der Waals surface area (Å²) in [6.45, 7) is 5.33. The van der Waals surface area contributed by atoms with Gasteiger partial charge in [0, 0.05) is 6.08 Å². The van der Waals surface area contributed by atoms with Crippen molar-refractivity contribution >= 4 is 11.9 Å². The Hall–Kier alpha value is -2.30. The van der Waals surface area contributed by atoms with Gasteiger partial charge in [-0.1, -0.05) is 31.2 Å². The van der Waals surface area contributed by atoms with Crippen molar-refractivity contribution in [2.45, 2.75) is 32.7 Å². The van der Waals surface area contributed by atoms with Gasteiger partial charge in [0.15, 0.2) is 6.61 Å². The summed E-state index contributed by atoms with van der Waals surface area (Å²) in [7, 11) is 0. The van der Waals surface area contributed by atoms with Crippen LogP contribution in [0.5, 0.6) is 5.75 Å². The fourth-order valence-corrected chi connectivity index (χ4v) is 1.80. The van der Waals surface area contributed by atoms with Gasteiger partial charge in [0.1, 0.15) is 5.75 Å².